The van der Waals surface area contributed by atoms with Crippen LogP contribution in [0.2, 0.25) is 0 Å². The molecule has 1 N–H and O–H groups in total. The molecule has 1 rings (SSSR count). The molecular weight excluding hydrogens is 369 g/mol. The third kappa shape index (κ3) is 5.06. The van der Waals surface area contributed by atoms with Crippen LogP contribution in [0.3, 0.4) is 0 Å². The molecule has 0 unspecified atom stereocenters. The van der Waals surface area contributed by atoms with Crippen LogP contribution in [0.5, 0.6) is 0 Å². The minimum atomic E-state index is -0.818. The van der Waals surface area contributed by atoms with Crippen LogP contribution in [-0.4, -0.2) is 26.2 Å². The van der Waals surface area contributed by atoms with E-state index in [9.17, 15) is 14.0 Å². The molecule has 0 atom stereocenters. The predicted molar refractivity (Wildman–Crippen MR) is 88.5 cm³/mol. The summed E-state index contributed by atoms with van der Waals surface area (Å²) >= 11 is 3.28. The highest BCUT2D eigenvalue weighted by atomic mass is 79.9. The average molecular weight is 388 g/mol. The zero-order chi connectivity index (χ0) is 17.8. The molecule has 5 nitrogen and oxygen atoms in total. The number of hydrogen-bond donors (Lipinski definition) is 1. The Morgan fingerprint density at radius 3 is 2.26 bits per heavy atom. The lowest BCUT2D eigenvalue weighted by Crippen LogP contribution is -2.17. The summed E-state index contributed by atoms with van der Waals surface area (Å²) in [6, 6.07) is 3.12. The first-order chi connectivity index (χ1) is 10.6. The Labute approximate surface area is 143 Å². The second-order valence-electron chi connectivity index (χ2n) is 5.76. The van der Waals surface area contributed by atoms with E-state index in [0.717, 1.165) is 18.7 Å². The van der Waals surface area contributed by atoms with Crippen LogP contribution in [0.25, 0.3) is 0 Å². The number of nitrogens with one attached hydrogen (secondary N) is 1. The highest BCUT2D eigenvalue weighted by molar-refractivity contribution is 9.10. The highest BCUT2D eigenvalue weighted by Gasteiger charge is 2.21. The second kappa shape index (κ2) is 7.59. The van der Waals surface area contributed by atoms with Crippen molar-refractivity contribution in [1.82, 2.24) is 0 Å². The van der Waals surface area contributed by atoms with Gasteiger partial charge >= 0.3 is 11.9 Å². The fourth-order valence-corrected chi connectivity index (χ4v) is 2.23. The zero-order valence-corrected chi connectivity index (χ0v) is 15.2. The van der Waals surface area contributed by atoms with Crippen molar-refractivity contribution in [2.45, 2.75) is 26.2 Å². The Kier molecular flexibility index (Phi) is 6.32. The third-order valence-electron chi connectivity index (χ3n) is 3.04. The minimum absolute atomic E-state index is 0.0264. The minimum Gasteiger partial charge on any atom is -0.466 e. The molecular formula is C16H19BrFNO4. The van der Waals surface area contributed by atoms with Crippen LogP contribution >= 0.6 is 15.9 Å². The number of esters is 2. The molecule has 0 aliphatic heterocycles. The molecule has 0 aliphatic rings. The van der Waals surface area contributed by atoms with Gasteiger partial charge in [-0.15, -0.1) is 0 Å². The van der Waals surface area contributed by atoms with Crippen molar-refractivity contribution in [2.75, 3.05) is 19.5 Å². The number of anilines is 1. The molecule has 0 radical (unpaired) electrons. The summed E-state index contributed by atoms with van der Waals surface area (Å²) < 4.78 is 23.9. The van der Waals surface area contributed by atoms with Crippen molar-refractivity contribution < 1.29 is 23.5 Å². The topological polar surface area (TPSA) is 64.6 Å². The number of ether oxygens (including phenoxy) is 2. The summed E-state index contributed by atoms with van der Waals surface area (Å²) in [7, 11) is 2.32. The van der Waals surface area contributed by atoms with Gasteiger partial charge in [0.05, 0.1) is 26.0 Å². The SMILES string of the molecule is COC(=O)/C=C(/Nc1c(F)cc(C(C)(C)C)cc1Br)C(=O)OC. The van der Waals surface area contributed by atoms with Gasteiger partial charge in [0.2, 0.25) is 0 Å². The zero-order valence-electron chi connectivity index (χ0n) is 13.6. The van der Waals surface area contributed by atoms with E-state index in [1.807, 2.05) is 20.8 Å². The molecule has 0 heterocycles. The number of methoxy groups -OCH3 is 2. The maximum Gasteiger partial charge on any atom is 0.354 e. The summed E-state index contributed by atoms with van der Waals surface area (Å²) in [6.45, 7) is 5.87. The Balaban J connectivity index is 3.27. The average Bonchev–Trinajstić information content (AvgIpc) is 2.47. The van der Waals surface area contributed by atoms with Crippen LogP contribution in [0, 0.1) is 5.82 Å². The molecule has 0 aliphatic carbocycles. The first-order valence-electron chi connectivity index (χ1n) is 6.74. The second-order valence-corrected chi connectivity index (χ2v) is 6.62. The first kappa shape index (κ1) is 19.2. The predicted octanol–water partition coefficient (Wildman–Crippen LogP) is 3.53. The Morgan fingerprint density at radius 2 is 1.83 bits per heavy atom. The van der Waals surface area contributed by atoms with Gasteiger partial charge in [0.25, 0.3) is 0 Å². The van der Waals surface area contributed by atoms with Gasteiger partial charge in [-0.2, -0.15) is 0 Å². The molecule has 1 aromatic carbocycles. The van der Waals surface area contributed by atoms with Gasteiger partial charge in [0, 0.05) is 4.47 Å². The van der Waals surface area contributed by atoms with E-state index in [1.165, 1.54) is 13.2 Å². The summed E-state index contributed by atoms with van der Waals surface area (Å²) in [6.07, 6.45) is 0.898. The quantitative estimate of drug-likeness (QED) is 0.632. The van der Waals surface area contributed by atoms with Crippen LogP contribution in [-0.2, 0) is 24.5 Å². The lowest BCUT2D eigenvalue weighted by molar-refractivity contribution is -0.138. The van der Waals surface area contributed by atoms with E-state index < -0.39 is 17.8 Å². The number of carbonyl (C=O) groups is 2. The first-order valence-corrected chi connectivity index (χ1v) is 7.54. The van der Waals surface area contributed by atoms with Crippen LogP contribution in [0.1, 0.15) is 26.3 Å². The van der Waals surface area contributed by atoms with Gasteiger partial charge in [-0.25, -0.2) is 14.0 Å². The van der Waals surface area contributed by atoms with Crippen molar-refractivity contribution in [3.05, 3.63) is 39.8 Å². The van der Waals surface area contributed by atoms with E-state index >= 15 is 0 Å². The van der Waals surface area contributed by atoms with Gasteiger partial charge in [-0.3, -0.25) is 0 Å². The van der Waals surface area contributed by atoms with E-state index in [-0.39, 0.29) is 16.8 Å². The summed E-state index contributed by atoms with van der Waals surface area (Å²) in [5.74, 6) is -2.15. The Morgan fingerprint density at radius 1 is 1.22 bits per heavy atom. The molecule has 0 saturated carbocycles. The monoisotopic (exact) mass is 387 g/mol. The molecule has 0 amide bonds. The van der Waals surface area contributed by atoms with Gasteiger partial charge < -0.3 is 14.8 Å². The number of hydrogen-bond acceptors (Lipinski definition) is 5. The molecule has 0 fully saturated rings. The third-order valence-corrected chi connectivity index (χ3v) is 3.66. The fourth-order valence-electron chi connectivity index (χ4n) is 1.69. The fraction of sp³-hybridized carbons (Fsp3) is 0.375. The molecule has 0 spiro atoms. The van der Waals surface area contributed by atoms with Gasteiger partial charge in [-0.1, -0.05) is 20.8 Å². The van der Waals surface area contributed by atoms with E-state index in [2.05, 4.69) is 30.7 Å². The lowest BCUT2D eigenvalue weighted by Gasteiger charge is -2.21. The molecule has 126 valence electrons. The number of rotatable bonds is 4. The molecule has 0 bridgehead atoms. The highest BCUT2D eigenvalue weighted by Crippen LogP contribution is 2.33. The summed E-state index contributed by atoms with van der Waals surface area (Å²) in [5, 5.41) is 2.57. The van der Waals surface area contributed by atoms with E-state index in [1.54, 1.807) is 6.07 Å². The molecule has 23 heavy (non-hydrogen) atoms. The normalized spacial score (nSPS) is 11.9. The molecule has 0 aromatic heterocycles. The van der Waals surface area contributed by atoms with Crippen molar-refractivity contribution in [2.24, 2.45) is 0 Å². The smallest absolute Gasteiger partial charge is 0.354 e. The number of benzene rings is 1. The van der Waals surface area contributed by atoms with E-state index in [0.29, 0.717) is 4.47 Å². The molecule has 7 heteroatoms. The Bertz CT molecular complexity index is 627. The molecule has 0 saturated heterocycles. The van der Waals surface area contributed by atoms with Crippen LogP contribution in [0.4, 0.5) is 10.1 Å². The van der Waals surface area contributed by atoms with Crippen LogP contribution < -0.4 is 5.32 Å². The summed E-state index contributed by atoms with van der Waals surface area (Å²) in [4.78, 5) is 23.1. The standard InChI is InChI=1S/C16H19BrFNO4/c1-16(2,3)9-6-10(17)14(11(18)7-9)19-12(15(21)23-5)8-13(20)22-4/h6-8,19H,1-5H3/b12-8+. The lowest BCUT2D eigenvalue weighted by atomic mass is 9.87. The van der Waals surface area contributed by atoms with Gasteiger partial charge in [-0.05, 0) is 39.0 Å². The van der Waals surface area contributed by atoms with Crippen molar-refractivity contribution in [3.8, 4) is 0 Å². The summed E-state index contributed by atoms with van der Waals surface area (Å²) in [5.41, 5.74) is 0.333. The largest absolute Gasteiger partial charge is 0.466 e. The van der Waals surface area contributed by atoms with Crippen molar-refractivity contribution in [3.63, 3.8) is 0 Å². The molecule has 1 aromatic rings. The Hall–Kier alpha value is -1.89. The number of carbonyl (C=O) groups excluding carboxylic acids is 2. The van der Waals surface area contributed by atoms with Crippen LogP contribution in [0.15, 0.2) is 28.4 Å². The maximum absolute atomic E-state index is 14.4. The van der Waals surface area contributed by atoms with Crippen molar-refractivity contribution >= 4 is 33.6 Å². The van der Waals surface area contributed by atoms with E-state index in [4.69, 9.17) is 0 Å². The van der Waals surface area contributed by atoms with Gasteiger partial charge in [0.1, 0.15) is 11.5 Å². The maximum atomic E-state index is 14.4. The van der Waals surface area contributed by atoms with Gasteiger partial charge in [0.15, 0.2) is 0 Å². The van der Waals surface area contributed by atoms with Crippen molar-refractivity contribution in [1.29, 1.82) is 0 Å². The number of halogens is 2.